The van der Waals surface area contributed by atoms with Crippen molar-refractivity contribution < 1.29 is 4.79 Å². The van der Waals surface area contributed by atoms with E-state index < -0.39 is 0 Å². The van der Waals surface area contributed by atoms with Gasteiger partial charge in [-0.2, -0.15) is 0 Å². The SMILES string of the molecule is Cc1nnsc1C(=O)N[C@@H]1CCCN(c2ccccc2Cl)C1. The van der Waals surface area contributed by atoms with Crippen LogP contribution in [0.4, 0.5) is 5.69 Å². The van der Waals surface area contributed by atoms with Gasteiger partial charge in [-0.25, -0.2) is 0 Å². The van der Waals surface area contributed by atoms with Gasteiger partial charge in [0.2, 0.25) is 0 Å². The fraction of sp³-hybridized carbons (Fsp3) is 0.400. The van der Waals surface area contributed by atoms with E-state index in [0.29, 0.717) is 10.6 Å². The summed E-state index contributed by atoms with van der Waals surface area (Å²) in [6, 6.07) is 7.93. The second-order valence-corrected chi connectivity index (χ2v) is 6.56. The van der Waals surface area contributed by atoms with Crippen LogP contribution < -0.4 is 10.2 Å². The normalized spacial score (nSPS) is 18.3. The molecule has 3 rings (SSSR count). The molecule has 0 aliphatic carbocycles. The molecule has 1 atom stereocenters. The third-order valence-electron chi connectivity index (χ3n) is 3.81. The number of nitrogens with zero attached hydrogens (tertiary/aromatic N) is 3. The number of hydrogen-bond donors (Lipinski definition) is 1. The Morgan fingerprint density at radius 2 is 2.27 bits per heavy atom. The first kappa shape index (κ1) is 15.2. The van der Waals surface area contributed by atoms with Gasteiger partial charge in [0, 0.05) is 19.1 Å². The lowest BCUT2D eigenvalue weighted by Gasteiger charge is -2.35. The van der Waals surface area contributed by atoms with Gasteiger partial charge in [0.15, 0.2) is 0 Å². The zero-order valence-electron chi connectivity index (χ0n) is 12.3. The Kier molecular flexibility index (Phi) is 4.59. The summed E-state index contributed by atoms with van der Waals surface area (Å²) in [7, 11) is 0. The molecule has 116 valence electrons. The van der Waals surface area contributed by atoms with Gasteiger partial charge in [0.25, 0.3) is 5.91 Å². The number of halogens is 1. The van der Waals surface area contributed by atoms with Gasteiger partial charge in [-0.15, -0.1) is 5.10 Å². The molecule has 2 heterocycles. The molecule has 0 saturated carbocycles. The van der Waals surface area contributed by atoms with Gasteiger partial charge in [0.1, 0.15) is 4.88 Å². The quantitative estimate of drug-likeness (QED) is 0.936. The summed E-state index contributed by atoms with van der Waals surface area (Å²) in [6.07, 6.45) is 1.99. The van der Waals surface area contributed by atoms with Crippen molar-refractivity contribution in [3.8, 4) is 0 Å². The molecular formula is C15H17ClN4OS. The molecule has 1 aliphatic heterocycles. The minimum Gasteiger partial charge on any atom is -0.368 e. The van der Waals surface area contributed by atoms with Crippen LogP contribution >= 0.6 is 23.1 Å². The maximum atomic E-state index is 12.3. The highest BCUT2D eigenvalue weighted by atomic mass is 35.5. The molecule has 1 amide bonds. The molecule has 1 aromatic carbocycles. The number of benzene rings is 1. The summed E-state index contributed by atoms with van der Waals surface area (Å²) < 4.78 is 3.81. The summed E-state index contributed by atoms with van der Waals surface area (Å²) in [5, 5.41) is 7.72. The molecule has 1 fully saturated rings. The largest absolute Gasteiger partial charge is 0.368 e. The molecule has 2 aromatic rings. The standard InChI is InChI=1S/C15H17ClN4OS/c1-10-14(22-19-18-10)15(21)17-11-5-4-8-20(9-11)13-7-3-2-6-12(13)16/h2-3,6-7,11H,4-5,8-9H2,1H3,(H,17,21)/t11-/m1/s1. The van der Waals surface area contributed by atoms with Crippen molar-refractivity contribution in [3.05, 3.63) is 39.9 Å². The van der Waals surface area contributed by atoms with E-state index in [9.17, 15) is 4.79 Å². The number of rotatable bonds is 3. The fourth-order valence-electron chi connectivity index (χ4n) is 2.71. The van der Waals surface area contributed by atoms with E-state index in [4.69, 9.17) is 11.6 Å². The van der Waals surface area contributed by atoms with E-state index in [1.54, 1.807) is 6.92 Å². The number of hydrogen-bond acceptors (Lipinski definition) is 5. The third-order valence-corrected chi connectivity index (χ3v) is 4.95. The lowest BCUT2D eigenvalue weighted by Crippen LogP contribution is -2.47. The molecule has 1 N–H and O–H groups in total. The average molecular weight is 337 g/mol. The Bertz CT molecular complexity index is 675. The van der Waals surface area contributed by atoms with Crippen molar-refractivity contribution in [2.45, 2.75) is 25.8 Å². The third kappa shape index (κ3) is 3.23. The number of amides is 1. The summed E-state index contributed by atoms with van der Waals surface area (Å²) >= 11 is 7.41. The van der Waals surface area contributed by atoms with Crippen molar-refractivity contribution in [1.29, 1.82) is 0 Å². The molecule has 5 nitrogen and oxygen atoms in total. The predicted molar refractivity (Wildman–Crippen MR) is 88.8 cm³/mol. The maximum absolute atomic E-state index is 12.3. The monoisotopic (exact) mass is 336 g/mol. The first-order valence-electron chi connectivity index (χ1n) is 7.24. The van der Waals surface area contributed by atoms with Crippen LogP contribution in [0, 0.1) is 6.92 Å². The molecule has 0 spiro atoms. The predicted octanol–water partition coefficient (Wildman–Crippen LogP) is 2.90. The van der Waals surface area contributed by atoms with Crippen molar-refractivity contribution >= 4 is 34.7 Å². The second-order valence-electron chi connectivity index (χ2n) is 5.40. The average Bonchev–Trinajstić information content (AvgIpc) is 2.94. The van der Waals surface area contributed by atoms with Gasteiger partial charge in [-0.05, 0) is 43.4 Å². The number of carbonyl (C=O) groups is 1. The van der Waals surface area contributed by atoms with Gasteiger partial charge in [-0.3, -0.25) is 4.79 Å². The van der Waals surface area contributed by atoms with Crippen LogP contribution in [0.3, 0.4) is 0 Å². The summed E-state index contributed by atoms with van der Waals surface area (Å²) in [5.74, 6) is -0.0847. The number of aromatic nitrogens is 2. The highest BCUT2D eigenvalue weighted by Gasteiger charge is 2.24. The first-order valence-corrected chi connectivity index (χ1v) is 8.39. The van der Waals surface area contributed by atoms with E-state index in [1.165, 1.54) is 0 Å². The van der Waals surface area contributed by atoms with Gasteiger partial charge < -0.3 is 10.2 Å². The van der Waals surface area contributed by atoms with Gasteiger partial charge in [-0.1, -0.05) is 28.2 Å². The molecule has 22 heavy (non-hydrogen) atoms. The summed E-state index contributed by atoms with van der Waals surface area (Å²) in [4.78, 5) is 15.1. The minimum absolute atomic E-state index is 0.0847. The van der Waals surface area contributed by atoms with Crippen LogP contribution in [0.1, 0.15) is 28.2 Å². The van der Waals surface area contributed by atoms with E-state index in [1.807, 2.05) is 24.3 Å². The Morgan fingerprint density at radius 1 is 1.45 bits per heavy atom. The molecule has 0 radical (unpaired) electrons. The van der Waals surface area contributed by atoms with Crippen LogP contribution in [0.5, 0.6) is 0 Å². The van der Waals surface area contributed by atoms with Crippen molar-refractivity contribution in [2.75, 3.05) is 18.0 Å². The summed E-state index contributed by atoms with van der Waals surface area (Å²) in [5.41, 5.74) is 1.71. The van der Waals surface area contributed by atoms with Crippen LogP contribution in [-0.4, -0.2) is 34.6 Å². The molecular weight excluding hydrogens is 320 g/mol. The summed E-state index contributed by atoms with van der Waals surface area (Å²) in [6.45, 7) is 3.52. The Balaban J connectivity index is 1.68. The molecule has 1 aliphatic rings. The van der Waals surface area contributed by atoms with Gasteiger partial charge in [0.05, 0.1) is 16.4 Å². The lowest BCUT2D eigenvalue weighted by molar-refractivity contribution is 0.0936. The number of nitrogens with one attached hydrogen (secondary N) is 1. The topological polar surface area (TPSA) is 58.1 Å². The Morgan fingerprint density at radius 3 is 3.00 bits per heavy atom. The highest BCUT2D eigenvalue weighted by molar-refractivity contribution is 7.08. The second kappa shape index (κ2) is 6.62. The van der Waals surface area contributed by atoms with Crippen LogP contribution in [0.2, 0.25) is 5.02 Å². The van der Waals surface area contributed by atoms with E-state index in [2.05, 4.69) is 19.8 Å². The van der Waals surface area contributed by atoms with Crippen molar-refractivity contribution in [1.82, 2.24) is 14.9 Å². The van der Waals surface area contributed by atoms with Crippen LogP contribution in [-0.2, 0) is 0 Å². The molecule has 1 saturated heterocycles. The number of carbonyl (C=O) groups excluding carboxylic acids is 1. The van der Waals surface area contributed by atoms with Crippen LogP contribution in [0.25, 0.3) is 0 Å². The zero-order valence-corrected chi connectivity index (χ0v) is 13.8. The number of anilines is 1. The molecule has 0 bridgehead atoms. The lowest BCUT2D eigenvalue weighted by atomic mass is 10.0. The fourth-order valence-corrected chi connectivity index (χ4v) is 3.53. The van der Waals surface area contributed by atoms with E-state index in [0.717, 1.165) is 48.2 Å². The molecule has 1 aromatic heterocycles. The molecule has 0 unspecified atom stereocenters. The number of piperidine rings is 1. The van der Waals surface area contributed by atoms with E-state index in [-0.39, 0.29) is 11.9 Å². The Hall–Kier alpha value is -1.66. The Labute approximate surface area is 138 Å². The number of aryl methyl sites for hydroxylation is 1. The first-order chi connectivity index (χ1) is 10.6. The highest BCUT2D eigenvalue weighted by Crippen LogP contribution is 2.27. The zero-order chi connectivity index (χ0) is 15.5. The van der Waals surface area contributed by atoms with Crippen molar-refractivity contribution in [2.24, 2.45) is 0 Å². The smallest absolute Gasteiger partial charge is 0.265 e. The minimum atomic E-state index is -0.0847. The van der Waals surface area contributed by atoms with E-state index >= 15 is 0 Å². The molecule has 7 heteroatoms. The van der Waals surface area contributed by atoms with Crippen LogP contribution in [0.15, 0.2) is 24.3 Å². The number of para-hydroxylation sites is 1. The maximum Gasteiger partial charge on any atom is 0.265 e. The van der Waals surface area contributed by atoms with Crippen molar-refractivity contribution in [3.63, 3.8) is 0 Å². The van der Waals surface area contributed by atoms with Gasteiger partial charge >= 0.3 is 0 Å².